The van der Waals surface area contributed by atoms with Gasteiger partial charge < -0.3 is 4.84 Å². The Hall–Kier alpha value is -0.930. The van der Waals surface area contributed by atoms with E-state index in [-0.39, 0.29) is 11.7 Å². The largest absolute Gasteiger partial charge is 0.304 e. The zero-order chi connectivity index (χ0) is 9.84. The maximum atomic E-state index is 13.0. The van der Waals surface area contributed by atoms with Gasteiger partial charge in [0, 0.05) is 5.92 Å². The summed E-state index contributed by atoms with van der Waals surface area (Å²) >= 11 is 0. The Balaban J connectivity index is 2.87. The lowest BCUT2D eigenvalue weighted by molar-refractivity contribution is 0.126. The third kappa shape index (κ3) is 2.79. The van der Waals surface area contributed by atoms with Crippen LogP contribution in [0.25, 0.3) is 0 Å². The Labute approximate surface area is 77.5 Å². The van der Waals surface area contributed by atoms with Crippen molar-refractivity contribution in [3.63, 3.8) is 0 Å². The number of benzene rings is 1. The molecule has 0 fully saturated rings. The van der Waals surface area contributed by atoms with Crippen molar-refractivity contribution in [3.8, 4) is 0 Å². The molecule has 2 N–H and O–H groups in total. The minimum absolute atomic E-state index is 0.124. The van der Waals surface area contributed by atoms with Gasteiger partial charge in [0.1, 0.15) is 5.82 Å². The van der Waals surface area contributed by atoms with Gasteiger partial charge in [-0.3, -0.25) is 0 Å². The first-order valence-electron chi connectivity index (χ1n) is 4.22. The van der Waals surface area contributed by atoms with Crippen LogP contribution in [0.4, 0.5) is 4.39 Å². The molecule has 0 aromatic heterocycles. The molecule has 1 aromatic carbocycles. The molecule has 1 aromatic rings. The van der Waals surface area contributed by atoms with Gasteiger partial charge >= 0.3 is 0 Å². The maximum absolute atomic E-state index is 13.0. The second kappa shape index (κ2) is 4.35. The monoisotopic (exact) mass is 183 g/mol. The van der Waals surface area contributed by atoms with Crippen molar-refractivity contribution >= 4 is 0 Å². The number of hydrogen-bond donors (Lipinski definition) is 1. The second-order valence-corrected chi connectivity index (χ2v) is 3.30. The summed E-state index contributed by atoms with van der Waals surface area (Å²) in [5, 5.41) is 0. The molecule has 2 nitrogen and oxygen atoms in total. The molecule has 3 heteroatoms. The lowest BCUT2D eigenvalue weighted by Gasteiger charge is -2.10. The molecule has 0 saturated carbocycles. The normalized spacial score (nSPS) is 12.9. The lowest BCUT2D eigenvalue weighted by atomic mass is 10.0. The third-order valence-corrected chi connectivity index (χ3v) is 1.98. The number of aryl methyl sites for hydroxylation is 1. The van der Waals surface area contributed by atoms with E-state index in [4.69, 9.17) is 5.90 Å². The first kappa shape index (κ1) is 10.2. The molecule has 0 heterocycles. The van der Waals surface area contributed by atoms with Gasteiger partial charge in [-0.1, -0.05) is 13.0 Å². The average Bonchev–Trinajstić information content (AvgIpc) is 2.03. The van der Waals surface area contributed by atoms with Crippen LogP contribution in [0.3, 0.4) is 0 Å². The van der Waals surface area contributed by atoms with E-state index in [1.165, 1.54) is 12.1 Å². The summed E-state index contributed by atoms with van der Waals surface area (Å²) < 4.78 is 13.0. The predicted molar refractivity (Wildman–Crippen MR) is 49.7 cm³/mol. The molecule has 0 aliphatic carbocycles. The van der Waals surface area contributed by atoms with Crippen LogP contribution in [0, 0.1) is 12.7 Å². The molecule has 0 spiro atoms. The van der Waals surface area contributed by atoms with Crippen molar-refractivity contribution < 1.29 is 9.23 Å². The molecule has 0 radical (unpaired) electrons. The van der Waals surface area contributed by atoms with E-state index < -0.39 is 0 Å². The van der Waals surface area contributed by atoms with Gasteiger partial charge in [0.2, 0.25) is 0 Å². The van der Waals surface area contributed by atoms with E-state index in [2.05, 4.69) is 4.84 Å². The van der Waals surface area contributed by atoms with Crippen LogP contribution in [-0.4, -0.2) is 6.61 Å². The third-order valence-electron chi connectivity index (χ3n) is 1.98. The fraction of sp³-hybridized carbons (Fsp3) is 0.400. The van der Waals surface area contributed by atoms with Crippen molar-refractivity contribution in [2.75, 3.05) is 6.61 Å². The van der Waals surface area contributed by atoms with Crippen molar-refractivity contribution in [1.29, 1.82) is 0 Å². The summed E-state index contributed by atoms with van der Waals surface area (Å²) in [5.41, 5.74) is 1.84. The summed E-state index contributed by atoms with van der Waals surface area (Å²) in [6.45, 7) is 4.21. The molecule has 72 valence electrons. The van der Waals surface area contributed by atoms with Crippen molar-refractivity contribution in [3.05, 3.63) is 35.1 Å². The summed E-state index contributed by atoms with van der Waals surface area (Å²) in [6, 6.07) is 4.95. The first-order valence-corrected chi connectivity index (χ1v) is 4.22. The number of rotatable bonds is 3. The van der Waals surface area contributed by atoms with Crippen LogP contribution in [0.1, 0.15) is 24.0 Å². The van der Waals surface area contributed by atoms with Crippen molar-refractivity contribution in [2.45, 2.75) is 19.8 Å². The molecule has 0 aliphatic rings. The van der Waals surface area contributed by atoms with Gasteiger partial charge in [0.15, 0.2) is 0 Å². The highest BCUT2D eigenvalue weighted by Crippen LogP contribution is 2.17. The zero-order valence-electron chi connectivity index (χ0n) is 7.88. The minimum Gasteiger partial charge on any atom is -0.304 e. The van der Waals surface area contributed by atoms with Gasteiger partial charge in [-0.15, -0.1) is 0 Å². The summed E-state index contributed by atoms with van der Waals surface area (Å²) in [6.07, 6.45) is 0. The van der Waals surface area contributed by atoms with Crippen LogP contribution >= 0.6 is 0 Å². The zero-order valence-corrected chi connectivity index (χ0v) is 7.88. The van der Waals surface area contributed by atoms with Crippen LogP contribution in [0.15, 0.2) is 18.2 Å². The molecule has 0 saturated heterocycles. The summed E-state index contributed by atoms with van der Waals surface area (Å²) in [4.78, 5) is 4.52. The lowest BCUT2D eigenvalue weighted by Crippen LogP contribution is -2.08. The fourth-order valence-electron chi connectivity index (χ4n) is 1.29. The summed E-state index contributed by atoms with van der Waals surface area (Å²) in [7, 11) is 0. The molecule has 1 rings (SSSR count). The van der Waals surface area contributed by atoms with Crippen molar-refractivity contribution in [1.82, 2.24) is 0 Å². The molecule has 0 bridgehead atoms. The molecule has 1 unspecified atom stereocenters. The van der Waals surface area contributed by atoms with Gasteiger partial charge in [0.05, 0.1) is 6.61 Å². The van der Waals surface area contributed by atoms with E-state index in [1.54, 1.807) is 0 Å². The molecular weight excluding hydrogens is 169 g/mol. The Morgan fingerprint density at radius 3 is 2.69 bits per heavy atom. The van der Waals surface area contributed by atoms with E-state index in [9.17, 15) is 4.39 Å². The van der Waals surface area contributed by atoms with Crippen LogP contribution in [-0.2, 0) is 4.84 Å². The van der Waals surface area contributed by atoms with E-state index in [0.717, 1.165) is 11.1 Å². The highest BCUT2D eigenvalue weighted by Gasteiger charge is 2.06. The Kier molecular flexibility index (Phi) is 3.39. The predicted octanol–water partition coefficient (Wildman–Crippen LogP) is 2.13. The van der Waals surface area contributed by atoms with Crippen molar-refractivity contribution in [2.24, 2.45) is 5.90 Å². The highest BCUT2D eigenvalue weighted by atomic mass is 19.1. The second-order valence-electron chi connectivity index (χ2n) is 3.30. The number of halogens is 1. The standard InChI is InChI=1S/C10H14FNO/c1-7-3-9(5-10(11)4-7)8(2)6-13-12/h3-5,8H,6,12H2,1-2H3. The maximum Gasteiger partial charge on any atom is 0.123 e. The van der Waals surface area contributed by atoms with Gasteiger partial charge in [-0.05, 0) is 30.2 Å². The van der Waals surface area contributed by atoms with Gasteiger partial charge in [0.25, 0.3) is 0 Å². The van der Waals surface area contributed by atoms with Gasteiger partial charge in [-0.2, -0.15) is 0 Å². The van der Waals surface area contributed by atoms with Crippen LogP contribution in [0.5, 0.6) is 0 Å². The smallest absolute Gasteiger partial charge is 0.123 e. The Bertz CT molecular complexity index is 268. The Morgan fingerprint density at radius 2 is 2.15 bits per heavy atom. The van der Waals surface area contributed by atoms with E-state index in [0.29, 0.717) is 6.61 Å². The molecular formula is C10H14FNO. The molecule has 0 amide bonds. The molecule has 0 aliphatic heterocycles. The highest BCUT2D eigenvalue weighted by molar-refractivity contribution is 5.26. The van der Waals surface area contributed by atoms with E-state index >= 15 is 0 Å². The van der Waals surface area contributed by atoms with Crippen LogP contribution < -0.4 is 5.90 Å². The summed E-state index contributed by atoms with van der Waals surface area (Å²) in [5.74, 6) is 4.86. The Morgan fingerprint density at radius 1 is 1.46 bits per heavy atom. The van der Waals surface area contributed by atoms with Crippen LogP contribution in [0.2, 0.25) is 0 Å². The SMILES string of the molecule is Cc1cc(F)cc(C(C)CON)c1. The number of nitrogens with two attached hydrogens (primary N) is 1. The molecule has 13 heavy (non-hydrogen) atoms. The average molecular weight is 183 g/mol. The quantitative estimate of drug-likeness (QED) is 0.728. The topological polar surface area (TPSA) is 35.2 Å². The fourth-order valence-corrected chi connectivity index (χ4v) is 1.29. The van der Waals surface area contributed by atoms with E-state index in [1.807, 2.05) is 19.9 Å². The minimum atomic E-state index is -0.209. The molecule has 1 atom stereocenters. The van der Waals surface area contributed by atoms with Gasteiger partial charge in [-0.25, -0.2) is 10.3 Å². The first-order chi connectivity index (χ1) is 6.13. The number of hydrogen-bond acceptors (Lipinski definition) is 2.